The van der Waals surface area contributed by atoms with E-state index in [0.29, 0.717) is 11.9 Å². The van der Waals surface area contributed by atoms with Crippen LogP contribution in [0.15, 0.2) is 12.4 Å². The van der Waals surface area contributed by atoms with Gasteiger partial charge in [0.1, 0.15) is 0 Å². The van der Waals surface area contributed by atoms with Gasteiger partial charge >= 0.3 is 0 Å². The Morgan fingerprint density at radius 2 is 2.06 bits per heavy atom. The molecule has 0 saturated carbocycles. The highest BCUT2D eigenvalue weighted by atomic mass is 127. The number of anilines is 1. The van der Waals surface area contributed by atoms with Crippen LogP contribution in [0.2, 0.25) is 0 Å². The minimum absolute atomic E-state index is 0.393. The van der Waals surface area contributed by atoms with Crippen molar-refractivity contribution in [1.82, 2.24) is 9.97 Å². The van der Waals surface area contributed by atoms with E-state index in [1.807, 2.05) is 12.4 Å². The maximum Gasteiger partial charge on any atom is 0.225 e. The monoisotopic (exact) mass is 351 g/mol. The molecule has 1 aromatic rings. The maximum absolute atomic E-state index is 6.03. The first-order valence-electron chi connectivity index (χ1n) is 5.61. The van der Waals surface area contributed by atoms with E-state index >= 15 is 0 Å². The molecule has 0 aromatic carbocycles. The second-order valence-corrected chi connectivity index (χ2v) is 5.61. The largest absolute Gasteiger partial charge is 0.337 e. The van der Waals surface area contributed by atoms with Crippen LogP contribution in [0.4, 0.5) is 5.95 Å². The molecule has 1 aliphatic rings. The number of aromatic nitrogens is 2. The van der Waals surface area contributed by atoms with Crippen molar-refractivity contribution >= 4 is 40.1 Å². The predicted molar refractivity (Wildman–Crippen MR) is 75.1 cm³/mol. The Balaban J connectivity index is 2.18. The van der Waals surface area contributed by atoms with E-state index in [2.05, 4.69) is 37.5 Å². The fraction of sp³-hybridized carbons (Fsp3) is 0.636. The van der Waals surface area contributed by atoms with Gasteiger partial charge in [0, 0.05) is 34.4 Å². The average molecular weight is 352 g/mol. The number of alkyl halides is 1. The Hall–Kier alpha value is -0.100. The van der Waals surface area contributed by atoms with Crippen molar-refractivity contribution in [3.05, 3.63) is 16.0 Å². The van der Waals surface area contributed by atoms with Crippen LogP contribution in [0.3, 0.4) is 0 Å². The van der Waals surface area contributed by atoms with Crippen LogP contribution < -0.4 is 4.90 Å². The van der Waals surface area contributed by atoms with Crippen LogP contribution in [0.5, 0.6) is 0 Å². The van der Waals surface area contributed by atoms with Gasteiger partial charge < -0.3 is 4.90 Å². The fourth-order valence-electron chi connectivity index (χ4n) is 2.05. The highest BCUT2D eigenvalue weighted by Gasteiger charge is 2.22. The van der Waals surface area contributed by atoms with Crippen LogP contribution in [0.1, 0.15) is 25.7 Å². The summed E-state index contributed by atoms with van der Waals surface area (Å²) in [7, 11) is 0. The summed E-state index contributed by atoms with van der Waals surface area (Å²) < 4.78 is 1.07. The van der Waals surface area contributed by atoms with E-state index in [1.54, 1.807) is 0 Å². The predicted octanol–water partition coefficient (Wildman–Crippen LogP) is 3.07. The van der Waals surface area contributed by atoms with Crippen molar-refractivity contribution < 1.29 is 0 Å². The molecule has 3 nitrogen and oxygen atoms in total. The Morgan fingerprint density at radius 1 is 1.31 bits per heavy atom. The lowest BCUT2D eigenvalue weighted by atomic mass is 10.1. The summed E-state index contributed by atoms with van der Waals surface area (Å²) in [5.41, 5.74) is 0. The standard InChI is InChI=1S/C11H15ClIN3/c12-6-10-4-2-1-3-5-16(10)11-14-7-9(13)8-15-11/h7-8,10H,1-6H2. The van der Waals surface area contributed by atoms with E-state index in [1.165, 1.54) is 19.3 Å². The smallest absolute Gasteiger partial charge is 0.225 e. The number of halogens is 2. The van der Waals surface area contributed by atoms with E-state index in [0.717, 1.165) is 22.5 Å². The minimum atomic E-state index is 0.393. The molecule has 1 unspecified atom stereocenters. The third kappa shape index (κ3) is 2.97. The Morgan fingerprint density at radius 3 is 2.75 bits per heavy atom. The van der Waals surface area contributed by atoms with Crippen molar-refractivity contribution in [3.63, 3.8) is 0 Å². The lowest BCUT2D eigenvalue weighted by Gasteiger charge is -2.28. The highest BCUT2D eigenvalue weighted by molar-refractivity contribution is 14.1. The normalized spacial score (nSPS) is 21.9. The molecule has 16 heavy (non-hydrogen) atoms. The van der Waals surface area contributed by atoms with Crippen molar-refractivity contribution in [1.29, 1.82) is 0 Å². The Labute approximate surface area is 115 Å². The van der Waals surface area contributed by atoms with Crippen LogP contribution in [0, 0.1) is 3.57 Å². The van der Waals surface area contributed by atoms with Gasteiger partial charge in [-0.3, -0.25) is 0 Å². The number of nitrogens with zero attached hydrogens (tertiary/aromatic N) is 3. The molecule has 0 bridgehead atoms. The maximum atomic E-state index is 6.03. The third-order valence-electron chi connectivity index (χ3n) is 2.92. The van der Waals surface area contributed by atoms with Gasteiger partial charge in [-0.1, -0.05) is 12.8 Å². The number of rotatable bonds is 2. The highest BCUT2D eigenvalue weighted by Crippen LogP contribution is 2.21. The summed E-state index contributed by atoms with van der Waals surface area (Å²) >= 11 is 8.25. The molecule has 2 heterocycles. The second-order valence-electron chi connectivity index (χ2n) is 4.05. The number of hydrogen-bond acceptors (Lipinski definition) is 3. The van der Waals surface area contributed by atoms with Gasteiger partial charge in [-0.05, 0) is 35.4 Å². The first-order chi connectivity index (χ1) is 7.81. The summed E-state index contributed by atoms with van der Waals surface area (Å²) in [5, 5.41) is 0. The van der Waals surface area contributed by atoms with E-state index in [9.17, 15) is 0 Å². The summed E-state index contributed by atoms with van der Waals surface area (Å²) in [6.07, 6.45) is 8.63. The lowest BCUT2D eigenvalue weighted by Crippen LogP contribution is -2.37. The van der Waals surface area contributed by atoms with Gasteiger partial charge in [0.25, 0.3) is 0 Å². The molecule has 0 aliphatic carbocycles. The van der Waals surface area contributed by atoms with Crippen molar-refractivity contribution in [2.75, 3.05) is 17.3 Å². The minimum Gasteiger partial charge on any atom is -0.337 e. The summed E-state index contributed by atoms with van der Waals surface area (Å²) in [4.78, 5) is 11.0. The molecule has 1 atom stereocenters. The molecule has 1 saturated heterocycles. The molecule has 0 amide bonds. The molecule has 0 spiro atoms. The van der Waals surface area contributed by atoms with Crippen molar-refractivity contribution in [2.45, 2.75) is 31.7 Å². The molecule has 1 aliphatic heterocycles. The van der Waals surface area contributed by atoms with E-state index in [-0.39, 0.29) is 0 Å². The first-order valence-corrected chi connectivity index (χ1v) is 7.23. The van der Waals surface area contributed by atoms with Crippen LogP contribution >= 0.6 is 34.2 Å². The first kappa shape index (κ1) is 12.4. The zero-order valence-electron chi connectivity index (χ0n) is 9.07. The quantitative estimate of drug-likeness (QED) is 0.606. The molecular weight excluding hydrogens is 336 g/mol. The molecule has 5 heteroatoms. The Kier molecular flexibility index (Phi) is 4.64. The SMILES string of the molecule is ClCC1CCCCCN1c1ncc(I)cn1. The van der Waals surface area contributed by atoms with Gasteiger partial charge in [-0.2, -0.15) is 0 Å². The van der Waals surface area contributed by atoms with Gasteiger partial charge in [-0.25, -0.2) is 9.97 Å². The van der Waals surface area contributed by atoms with Gasteiger partial charge in [0.05, 0.1) is 0 Å². The molecule has 1 aromatic heterocycles. The average Bonchev–Trinajstić information content (AvgIpc) is 2.55. The zero-order chi connectivity index (χ0) is 11.4. The molecular formula is C11H15ClIN3. The van der Waals surface area contributed by atoms with Crippen molar-refractivity contribution in [3.8, 4) is 0 Å². The third-order valence-corrected chi connectivity index (χ3v) is 3.83. The molecule has 1 fully saturated rings. The Bertz CT molecular complexity index is 331. The van der Waals surface area contributed by atoms with Gasteiger partial charge in [-0.15, -0.1) is 11.6 Å². The zero-order valence-corrected chi connectivity index (χ0v) is 12.0. The molecule has 0 N–H and O–H groups in total. The van der Waals surface area contributed by atoms with Crippen LogP contribution in [-0.4, -0.2) is 28.4 Å². The fourth-order valence-corrected chi connectivity index (χ4v) is 2.65. The van der Waals surface area contributed by atoms with Crippen LogP contribution in [0.25, 0.3) is 0 Å². The van der Waals surface area contributed by atoms with Crippen LogP contribution in [-0.2, 0) is 0 Å². The van der Waals surface area contributed by atoms with E-state index < -0.39 is 0 Å². The summed E-state index contributed by atoms with van der Waals surface area (Å²) in [6, 6.07) is 0.393. The van der Waals surface area contributed by atoms with Gasteiger partial charge in [0.2, 0.25) is 5.95 Å². The topological polar surface area (TPSA) is 29.0 Å². The second kappa shape index (κ2) is 6.00. The van der Waals surface area contributed by atoms with E-state index in [4.69, 9.17) is 11.6 Å². The van der Waals surface area contributed by atoms with Gasteiger partial charge in [0.15, 0.2) is 0 Å². The molecule has 88 valence electrons. The number of hydrogen-bond donors (Lipinski definition) is 0. The molecule has 2 rings (SSSR count). The van der Waals surface area contributed by atoms with Crippen molar-refractivity contribution in [2.24, 2.45) is 0 Å². The summed E-state index contributed by atoms with van der Waals surface area (Å²) in [5.74, 6) is 1.49. The molecule has 0 radical (unpaired) electrons. The lowest BCUT2D eigenvalue weighted by molar-refractivity contribution is 0.609. The summed E-state index contributed by atoms with van der Waals surface area (Å²) in [6.45, 7) is 1.03.